The van der Waals surface area contributed by atoms with E-state index in [1.165, 1.54) is 25.3 Å². The molecule has 2 aromatic carbocycles. The van der Waals surface area contributed by atoms with Gasteiger partial charge in [-0.1, -0.05) is 11.6 Å². The molecule has 0 aliphatic carbocycles. The van der Waals surface area contributed by atoms with E-state index in [1.54, 1.807) is 13.8 Å². The van der Waals surface area contributed by atoms with Crippen LogP contribution in [0.3, 0.4) is 0 Å². The van der Waals surface area contributed by atoms with Crippen molar-refractivity contribution in [2.75, 3.05) is 7.11 Å². The first kappa shape index (κ1) is 20.8. The molecule has 0 amide bonds. The minimum absolute atomic E-state index is 0.00529. The molecule has 0 spiro atoms. The number of fused-ring (bicyclic) bond motifs is 3. The number of ether oxygens (including phenoxy) is 1. The van der Waals surface area contributed by atoms with Gasteiger partial charge in [-0.05, 0) is 40.2 Å². The van der Waals surface area contributed by atoms with Crippen molar-refractivity contribution < 1.29 is 28.9 Å². The number of aromatic hydroxyl groups is 2. The van der Waals surface area contributed by atoms with Gasteiger partial charge in [-0.15, -0.1) is 0 Å². The van der Waals surface area contributed by atoms with Crippen LogP contribution >= 0.6 is 0 Å². The molecule has 0 aliphatic heterocycles. The Morgan fingerprint density at radius 1 is 1.06 bits per heavy atom. The molecular formula is C24H24O7. The topological polar surface area (TPSA) is 113 Å². The van der Waals surface area contributed by atoms with E-state index in [-0.39, 0.29) is 50.5 Å². The molecule has 0 radical (unpaired) electrons. The summed E-state index contributed by atoms with van der Waals surface area (Å²) in [5.41, 5.74) is 0.336. The summed E-state index contributed by atoms with van der Waals surface area (Å²) in [5, 5.41) is 32.1. The quantitative estimate of drug-likeness (QED) is 0.317. The van der Waals surface area contributed by atoms with Gasteiger partial charge < -0.3 is 28.9 Å². The zero-order valence-electron chi connectivity index (χ0n) is 18.0. The van der Waals surface area contributed by atoms with E-state index in [0.29, 0.717) is 17.4 Å². The van der Waals surface area contributed by atoms with Crippen LogP contribution in [0.25, 0.3) is 32.9 Å². The Morgan fingerprint density at radius 2 is 1.74 bits per heavy atom. The average molecular weight is 424 g/mol. The lowest BCUT2D eigenvalue weighted by molar-refractivity contribution is 0.0559. The number of hydrogen-bond acceptors (Lipinski definition) is 7. The highest BCUT2D eigenvalue weighted by molar-refractivity contribution is 6.05. The maximum atomic E-state index is 13.5. The predicted molar refractivity (Wildman–Crippen MR) is 118 cm³/mol. The zero-order chi connectivity index (χ0) is 22.7. The van der Waals surface area contributed by atoms with E-state index in [4.69, 9.17) is 13.6 Å². The van der Waals surface area contributed by atoms with Crippen LogP contribution in [-0.2, 0) is 12.0 Å². The number of phenols is 2. The molecule has 31 heavy (non-hydrogen) atoms. The van der Waals surface area contributed by atoms with E-state index < -0.39 is 11.0 Å². The first-order valence-electron chi connectivity index (χ1n) is 9.84. The molecule has 2 heterocycles. The molecule has 0 saturated carbocycles. The zero-order valence-corrected chi connectivity index (χ0v) is 18.0. The summed E-state index contributed by atoms with van der Waals surface area (Å²) in [7, 11) is 1.42. The molecule has 0 aliphatic rings. The fraction of sp³-hybridized carbons (Fsp3) is 0.292. The van der Waals surface area contributed by atoms with Crippen molar-refractivity contribution in [2.45, 2.75) is 39.7 Å². The Morgan fingerprint density at radius 3 is 2.35 bits per heavy atom. The molecule has 2 aromatic heterocycles. The maximum Gasteiger partial charge on any atom is 0.204 e. The number of phenolic OH excluding ortho intramolecular Hbond substituents is 2. The van der Waals surface area contributed by atoms with Gasteiger partial charge in [-0.25, -0.2) is 0 Å². The van der Waals surface area contributed by atoms with Crippen molar-refractivity contribution in [1.29, 1.82) is 0 Å². The Balaban J connectivity index is 2.15. The van der Waals surface area contributed by atoms with E-state index in [0.717, 1.165) is 5.57 Å². The summed E-state index contributed by atoms with van der Waals surface area (Å²) in [6.45, 7) is 6.97. The summed E-state index contributed by atoms with van der Waals surface area (Å²) >= 11 is 0. The van der Waals surface area contributed by atoms with Crippen molar-refractivity contribution in [3.05, 3.63) is 51.4 Å². The lowest BCUT2D eigenvalue weighted by atomic mass is 10.00. The van der Waals surface area contributed by atoms with Gasteiger partial charge in [0, 0.05) is 17.7 Å². The minimum Gasteiger partial charge on any atom is -0.506 e. The number of rotatable bonds is 4. The molecule has 0 bridgehead atoms. The largest absolute Gasteiger partial charge is 0.506 e. The number of benzene rings is 2. The van der Waals surface area contributed by atoms with Crippen molar-refractivity contribution in [3.8, 4) is 17.2 Å². The molecule has 0 saturated heterocycles. The third-order valence-corrected chi connectivity index (χ3v) is 5.28. The Bertz CT molecular complexity index is 1420. The van der Waals surface area contributed by atoms with Crippen LogP contribution < -0.4 is 10.2 Å². The molecule has 4 aromatic rings. The summed E-state index contributed by atoms with van der Waals surface area (Å²) in [4.78, 5) is 13.5. The number of aliphatic hydroxyl groups is 1. The fourth-order valence-electron chi connectivity index (χ4n) is 3.72. The summed E-state index contributed by atoms with van der Waals surface area (Å²) in [6.07, 6.45) is 2.25. The van der Waals surface area contributed by atoms with Crippen LogP contribution in [0.2, 0.25) is 0 Å². The highest BCUT2D eigenvalue weighted by atomic mass is 16.5. The van der Waals surface area contributed by atoms with Gasteiger partial charge in [0.05, 0.1) is 17.9 Å². The van der Waals surface area contributed by atoms with Crippen molar-refractivity contribution in [2.24, 2.45) is 0 Å². The fourth-order valence-corrected chi connectivity index (χ4v) is 3.72. The van der Waals surface area contributed by atoms with Crippen molar-refractivity contribution in [1.82, 2.24) is 0 Å². The number of allylic oxidation sites excluding steroid dienone is 2. The van der Waals surface area contributed by atoms with E-state index in [1.807, 2.05) is 19.9 Å². The van der Waals surface area contributed by atoms with Crippen molar-refractivity contribution >= 4 is 32.9 Å². The van der Waals surface area contributed by atoms with Crippen molar-refractivity contribution in [3.63, 3.8) is 0 Å². The van der Waals surface area contributed by atoms with Gasteiger partial charge in [-0.3, -0.25) is 4.79 Å². The SMILES string of the molecule is COc1c(O)cc2oc3cc4oc(C(C)(C)O)cc4c(O)c3c(=O)c2c1CC=C(C)C. The van der Waals surface area contributed by atoms with Crippen LogP contribution in [0.4, 0.5) is 0 Å². The van der Waals surface area contributed by atoms with Gasteiger partial charge in [0.25, 0.3) is 0 Å². The van der Waals surface area contributed by atoms with Crippen LogP contribution in [0.5, 0.6) is 17.2 Å². The monoisotopic (exact) mass is 424 g/mol. The average Bonchev–Trinajstić information content (AvgIpc) is 3.10. The maximum absolute atomic E-state index is 13.5. The molecule has 7 heteroatoms. The van der Waals surface area contributed by atoms with E-state index in [9.17, 15) is 20.1 Å². The molecule has 0 atom stereocenters. The lowest BCUT2D eigenvalue weighted by Crippen LogP contribution is -2.13. The smallest absolute Gasteiger partial charge is 0.204 e. The first-order chi connectivity index (χ1) is 14.5. The van der Waals surface area contributed by atoms with Crippen LogP contribution in [-0.4, -0.2) is 22.4 Å². The molecule has 7 nitrogen and oxygen atoms in total. The number of furan rings is 1. The van der Waals surface area contributed by atoms with Gasteiger partial charge in [0.15, 0.2) is 11.5 Å². The summed E-state index contributed by atoms with van der Waals surface area (Å²) < 4.78 is 17.0. The second-order valence-electron chi connectivity index (χ2n) is 8.38. The molecule has 3 N–H and O–H groups in total. The summed E-state index contributed by atoms with van der Waals surface area (Å²) in [5.74, 6) is -0.0107. The molecule has 4 rings (SSSR count). The Labute approximate surface area is 177 Å². The standard InChI is InChI=1S/C24H24O7/c1-11(2)6-7-12-19-16(9-14(25)23(12)29-5)30-17-10-15-13(21(26)20(17)22(19)27)8-18(31-15)24(3,4)28/h6,8-10,25-26,28H,7H2,1-5H3. The minimum atomic E-state index is -1.27. The second-order valence-corrected chi connectivity index (χ2v) is 8.38. The van der Waals surface area contributed by atoms with Crippen LogP contribution in [0.1, 0.15) is 39.0 Å². The lowest BCUT2D eigenvalue weighted by Gasteiger charge is -2.13. The Hall–Kier alpha value is -3.45. The second kappa shape index (κ2) is 7.06. The van der Waals surface area contributed by atoms with Gasteiger partial charge in [0.1, 0.15) is 39.2 Å². The third-order valence-electron chi connectivity index (χ3n) is 5.28. The highest BCUT2D eigenvalue weighted by Crippen LogP contribution is 2.41. The van der Waals surface area contributed by atoms with E-state index in [2.05, 4.69) is 0 Å². The molecular weight excluding hydrogens is 400 g/mol. The first-order valence-corrected chi connectivity index (χ1v) is 9.84. The molecule has 0 unspecified atom stereocenters. The van der Waals surface area contributed by atoms with Gasteiger partial charge in [0.2, 0.25) is 5.43 Å². The third kappa shape index (κ3) is 3.31. The number of hydrogen-bond donors (Lipinski definition) is 3. The van der Waals surface area contributed by atoms with E-state index >= 15 is 0 Å². The van der Waals surface area contributed by atoms with Crippen LogP contribution in [0.15, 0.2) is 43.5 Å². The predicted octanol–water partition coefficient (Wildman–Crippen LogP) is 4.85. The van der Waals surface area contributed by atoms with Gasteiger partial charge in [-0.2, -0.15) is 0 Å². The normalized spacial score (nSPS) is 12.1. The molecule has 162 valence electrons. The Kier molecular flexibility index (Phi) is 4.74. The summed E-state index contributed by atoms with van der Waals surface area (Å²) in [6, 6.07) is 4.33. The van der Waals surface area contributed by atoms with Crippen LogP contribution in [0, 0.1) is 0 Å². The number of methoxy groups -OCH3 is 1. The molecule has 0 fully saturated rings. The highest BCUT2D eigenvalue weighted by Gasteiger charge is 2.26. The van der Waals surface area contributed by atoms with Gasteiger partial charge >= 0.3 is 0 Å².